The summed E-state index contributed by atoms with van der Waals surface area (Å²) in [5, 5.41) is 0. The van der Waals surface area contributed by atoms with E-state index in [-0.39, 0.29) is 6.04 Å². The highest BCUT2D eigenvalue weighted by molar-refractivity contribution is 5.23. The van der Waals surface area contributed by atoms with Crippen LogP contribution in [0.15, 0.2) is 24.3 Å². The van der Waals surface area contributed by atoms with Crippen molar-refractivity contribution in [3.63, 3.8) is 0 Å². The Morgan fingerprint density at radius 1 is 1.20 bits per heavy atom. The van der Waals surface area contributed by atoms with Crippen LogP contribution in [0.5, 0.6) is 0 Å². The lowest BCUT2D eigenvalue weighted by molar-refractivity contribution is 0.818. The van der Waals surface area contributed by atoms with Gasteiger partial charge in [-0.05, 0) is 19.4 Å². The molecule has 0 heterocycles. The number of hydrogen-bond acceptors (Lipinski definition) is 1. The van der Waals surface area contributed by atoms with Crippen molar-refractivity contribution in [3.8, 4) is 0 Å². The molecule has 0 aliphatic rings. The third-order valence-corrected chi connectivity index (χ3v) is 1.60. The van der Waals surface area contributed by atoms with Gasteiger partial charge in [0, 0.05) is 6.04 Å². The zero-order valence-electron chi connectivity index (χ0n) is 6.46. The van der Waals surface area contributed by atoms with E-state index in [2.05, 4.69) is 31.2 Å². The molecule has 0 fully saturated rings. The first-order valence-corrected chi connectivity index (χ1v) is 3.52. The third kappa shape index (κ3) is 1.58. The van der Waals surface area contributed by atoms with Crippen LogP contribution in [0.25, 0.3) is 0 Å². The van der Waals surface area contributed by atoms with Crippen molar-refractivity contribution in [1.29, 1.82) is 0 Å². The zero-order valence-corrected chi connectivity index (χ0v) is 6.46. The Morgan fingerprint density at radius 3 is 2.10 bits per heavy atom. The van der Waals surface area contributed by atoms with Gasteiger partial charge in [0.2, 0.25) is 0 Å². The number of benzene rings is 1. The van der Waals surface area contributed by atoms with Crippen LogP contribution in [0.1, 0.15) is 24.1 Å². The Morgan fingerprint density at radius 2 is 1.70 bits per heavy atom. The summed E-state index contributed by atoms with van der Waals surface area (Å²) in [6.07, 6.45) is 0. The molecule has 1 aromatic carbocycles. The van der Waals surface area contributed by atoms with E-state index < -0.39 is 0 Å². The molecule has 54 valence electrons. The Labute approximate surface area is 61.9 Å². The van der Waals surface area contributed by atoms with Crippen LogP contribution in [0.4, 0.5) is 0 Å². The first-order chi connectivity index (χ1) is 4.70. The smallest absolute Gasteiger partial charge is 0.0266 e. The molecule has 0 radical (unpaired) electrons. The molecule has 2 N–H and O–H groups in total. The summed E-state index contributed by atoms with van der Waals surface area (Å²) in [6.45, 7) is 4.07. The van der Waals surface area contributed by atoms with Crippen molar-refractivity contribution in [3.05, 3.63) is 35.4 Å². The van der Waals surface area contributed by atoms with Gasteiger partial charge in [-0.15, -0.1) is 0 Å². The molecule has 0 aliphatic carbocycles. The van der Waals surface area contributed by atoms with Gasteiger partial charge in [0.25, 0.3) is 0 Å². The summed E-state index contributed by atoms with van der Waals surface area (Å²) in [5.74, 6) is 0. The standard InChI is InChI=1S/C9H13N/c1-7-3-5-9(6-4-7)8(2)10/h3-6,8H,10H2,1-2H3. The van der Waals surface area contributed by atoms with Gasteiger partial charge in [0.05, 0.1) is 0 Å². The van der Waals surface area contributed by atoms with Gasteiger partial charge < -0.3 is 5.73 Å². The molecule has 0 bridgehead atoms. The van der Waals surface area contributed by atoms with Crippen molar-refractivity contribution < 1.29 is 0 Å². The van der Waals surface area contributed by atoms with E-state index in [1.54, 1.807) is 0 Å². The average molecular weight is 135 g/mol. The molecule has 0 aliphatic heterocycles. The van der Waals surface area contributed by atoms with Crippen LogP contribution in [0, 0.1) is 6.92 Å². The molecule has 10 heavy (non-hydrogen) atoms. The Balaban J connectivity index is 2.89. The van der Waals surface area contributed by atoms with E-state index in [0.717, 1.165) is 0 Å². The minimum Gasteiger partial charge on any atom is -0.324 e. The predicted molar refractivity (Wildman–Crippen MR) is 43.8 cm³/mol. The van der Waals surface area contributed by atoms with Crippen LogP contribution >= 0.6 is 0 Å². The maximum absolute atomic E-state index is 5.66. The molecule has 1 nitrogen and oxygen atoms in total. The Kier molecular flexibility index (Phi) is 2.07. The van der Waals surface area contributed by atoms with Crippen LogP contribution in [0.2, 0.25) is 0 Å². The van der Waals surface area contributed by atoms with Crippen LogP contribution in [0.3, 0.4) is 0 Å². The van der Waals surface area contributed by atoms with Gasteiger partial charge in [-0.3, -0.25) is 0 Å². The molecule has 0 saturated carbocycles. The Bertz CT molecular complexity index is 198. The summed E-state index contributed by atoms with van der Waals surface area (Å²) in [6, 6.07) is 8.46. The molecule has 1 aromatic rings. The summed E-state index contributed by atoms with van der Waals surface area (Å²) < 4.78 is 0. The van der Waals surface area contributed by atoms with E-state index >= 15 is 0 Å². The SMILES string of the molecule is Cc1ccc(C(C)N)cc1. The molecular formula is C9H13N. The lowest BCUT2D eigenvalue weighted by Gasteiger charge is -2.03. The van der Waals surface area contributed by atoms with Crippen molar-refractivity contribution in [2.45, 2.75) is 19.9 Å². The van der Waals surface area contributed by atoms with Crippen molar-refractivity contribution in [2.24, 2.45) is 5.73 Å². The third-order valence-electron chi connectivity index (χ3n) is 1.60. The average Bonchev–Trinajstić information content (AvgIpc) is 1.88. The van der Waals surface area contributed by atoms with E-state index in [0.29, 0.717) is 0 Å². The molecule has 0 saturated heterocycles. The molecule has 0 amide bonds. The topological polar surface area (TPSA) is 26.0 Å². The largest absolute Gasteiger partial charge is 0.324 e. The quantitative estimate of drug-likeness (QED) is 0.626. The lowest BCUT2D eigenvalue weighted by Crippen LogP contribution is -2.04. The fourth-order valence-corrected chi connectivity index (χ4v) is 0.870. The summed E-state index contributed by atoms with van der Waals surface area (Å²) >= 11 is 0. The van der Waals surface area contributed by atoms with Crippen LogP contribution < -0.4 is 5.73 Å². The first-order valence-electron chi connectivity index (χ1n) is 3.52. The lowest BCUT2D eigenvalue weighted by atomic mass is 10.1. The molecule has 0 spiro atoms. The molecular weight excluding hydrogens is 122 g/mol. The normalized spacial score (nSPS) is 13.1. The summed E-state index contributed by atoms with van der Waals surface area (Å²) in [7, 11) is 0. The number of nitrogens with two attached hydrogens (primary N) is 1. The van der Waals surface area contributed by atoms with Gasteiger partial charge in [-0.1, -0.05) is 29.8 Å². The van der Waals surface area contributed by atoms with Gasteiger partial charge in [-0.2, -0.15) is 0 Å². The number of rotatable bonds is 1. The number of aryl methyl sites for hydroxylation is 1. The minimum absolute atomic E-state index is 0.153. The highest BCUT2D eigenvalue weighted by Gasteiger charge is 1.95. The van der Waals surface area contributed by atoms with E-state index in [1.165, 1.54) is 11.1 Å². The van der Waals surface area contributed by atoms with Gasteiger partial charge >= 0.3 is 0 Å². The van der Waals surface area contributed by atoms with E-state index in [1.807, 2.05) is 6.92 Å². The van der Waals surface area contributed by atoms with Crippen molar-refractivity contribution >= 4 is 0 Å². The van der Waals surface area contributed by atoms with Crippen LogP contribution in [-0.4, -0.2) is 0 Å². The fraction of sp³-hybridized carbons (Fsp3) is 0.333. The van der Waals surface area contributed by atoms with Gasteiger partial charge in [0.15, 0.2) is 0 Å². The van der Waals surface area contributed by atoms with Crippen molar-refractivity contribution in [2.75, 3.05) is 0 Å². The second-order valence-electron chi connectivity index (χ2n) is 2.70. The highest BCUT2D eigenvalue weighted by Crippen LogP contribution is 2.09. The highest BCUT2D eigenvalue weighted by atomic mass is 14.6. The minimum atomic E-state index is 0.153. The maximum atomic E-state index is 5.66. The van der Waals surface area contributed by atoms with Gasteiger partial charge in [0.1, 0.15) is 0 Å². The first kappa shape index (κ1) is 7.29. The summed E-state index contributed by atoms with van der Waals surface area (Å²) in [5.41, 5.74) is 8.15. The monoisotopic (exact) mass is 135 g/mol. The molecule has 1 rings (SSSR count). The summed E-state index contributed by atoms with van der Waals surface area (Å²) in [4.78, 5) is 0. The molecule has 1 heteroatoms. The Hall–Kier alpha value is -0.820. The second kappa shape index (κ2) is 2.84. The second-order valence-corrected chi connectivity index (χ2v) is 2.70. The zero-order chi connectivity index (χ0) is 7.56. The van der Waals surface area contributed by atoms with E-state index in [9.17, 15) is 0 Å². The molecule has 1 unspecified atom stereocenters. The van der Waals surface area contributed by atoms with E-state index in [4.69, 9.17) is 5.73 Å². The number of hydrogen-bond donors (Lipinski definition) is 1. The van der Waals surface area contributed by atoms with Crippen LogP contribution in [-0.2, 0) is 0 Å². The maximum Gasteiger partial charge on any atom is 0.0266 e. The fourth-order valence-electron chi connectivity index (χ4n) is 0.870. The van der Waals surface area contributed by atoms with Gasteiger partial charge in [-0.25, -0.2) is 0 Å². The molecule has 0 aromatic heterocycles. The molecule has 1 atom stereocenters. The van der Waals surface area contributed by atoms with Crippen molar-refractivity contribution in [1.82, 2.24) is 0 Å². The predicted octanol–water partition coefficient (Wildman–Crippen LogP) is 2.01.